The van der Waals surface area contributed by atoms with Crippen LogP contribution in [0.2, 0.25) is 0 Å². The van der Waals surface area contributed by atoms with Crippen LogP contribution in [0.1, 0.15) is 26.3 Å². The van der Waals surface area contributed by atoms with Crippen molar-refractivity contribution in [1.29, 1.82) is 0 Å². The molecule has 0 aliphatic rings. The molecule has 0 heterocycles. The highest BCUT2D eigenvalue weighted by molar-refractivity contribution is 5.89. The van der Waals surface area contributed by atoms with Crippen LogP contribution in [0.15, 0.2) is 60.2 Å². The molecule has 0 aromatic heterocycles. The summed E-state index contributed by atoms with van der Waals surface area (Å²) in [5.41, 5.74) is 3.01. The fourth-order valence-corrected chi connectivity index (χ4v) is 2.74. The Balaban J connectivity index is 2.10. The minimum Gasteiger partial charge on any atom is -0.497 e. The molecule has 0 unspecified atom stereocenters. The van der Waals surface area contributed by atoms with E-state index in [1.54, 1.807) is 7.11 Å². The van der Waals surface area contributed by atoms with Crippen LogP contribution >= 0.6 is 0 Å². The molecule has 26 heavy (non-hydrogen) atoms. The number of hydrogen-bond donors (Lipinski definition) is 1. The van der Waals surface area contributed by atoms with Crippen LogP contribution in [0, 0.1) is 5.92 Å². The van der Waals surface area contributed by atoms with Gasteiger partial charge in [0, 0.05) is 24.8 Å². The van der Waals surface area contributed by atoms with E-state index in [-0.39, 0.29) is 6.03 Å². The van der Waals surface area contributed by atoms with Gasteiger partial charge in [-0.2, -0.15) is 0 Å². The molecule has 0 saturated heterocycles. The molecule has 4 heteroatoms. The lowest BCUT2D eigenvalue weighted by Gasteiger charge is -2.25. The van der Waals surface area contributed by atoms with Crippen LogP contribution in [-0.2, 0) is 0 Å². The summed E-state index contributed by atoms with van der Waals surface area (Å²) in [4.78, 5) is 14.6. The largest absolute Gasteiger partial charge is 0.497 e. The molecule has 0 spiro atoms. The van der Waals surface area contributed by atoms with Crippen LogP contribution in [0.5, 0.6) is 5.75 Å². The van der Waals surface area contributed by atoms with Gasteiger partial charge in [0.05, 0.1) is 7.11 Å². The normalized spacial score (nSPS) is 11.3. The number of nitrogens with one attached hydrogen (secondary N) is 1. The molecule has 2 amide bonds. The van der Waals surface area contributed by atoms with Crippen LogP contribution in [0.25, 0.3) is 6.08 Å². The molecular formula is C22H28N2O2. The summed E-state index contributed by atoms with van der Waals surface area (Å²) >= 11 is 0. The van der Waals surface area contributed by atoms with E-state index in [2.05, 4.69) is 44.3 Å². The molecule has 0 fully saturated rings. The van der Waals surface area contributed by atoms with Gasteiger partial charge in [-0.3, -0.25) is 0 Å². The van der Waals surface area contributed by atoms with Crippen molar-refractivity contribution in [2.45, 2.75) is 20.8 Å². The SMILES string of the molecule is COc1cccc(NC(=O)N(C/C(C)=C/c2ccccc2)CC(C)C)c1. The number of urea groups is 1. The number of carbonyl (C=O) groups is 1. The van der Waals surface area contributed by atoms with E-state index in [0.29, 0.717) is 19.0 Å². The molecule has 0 saturated carbocycles. The van der Waals surface area contributed by atoms with Gasteiger partial charge in [-0.25, -0.2) is 4.79 Å². The zero-order chi connectivity index (χ0) is 18.9. The molecule has 0 aliphatic heterocycles. The molecule has 0 atom stereocenters. The molecule has 1 N–H and O–H groups in total. The van der Waals surface area contributed by atoms with Gasteiger partial charge in [-0.15, -0.1) is 0 Å². The van der Waals surface area contributed by atoms with Crippen LogP contribution in [0.3, 0.4) is 0 Å². The van der Waals surface area contributed by atoms with Crippen molar-refractivity contribution in [3.63, 3.8) is 0 Å². The maximum Gasteiger partial charge on any atom is 0.322 e. The number of nitrogens with zero attached hydrogens (tertiary/aromatic N) is 1. The molecule has 0 radical (unpaired) electrons. The van der Waals surface area contributed by atoms with Crippen molar-refractivity contribution in [3.8, 4) is 5.75 Å². The monoisotopic (exact) mass is 352 g/mol. The second-order valence-electron chi connectivity index (χ2n) is 6.84. The van der Waals surface area contributed by atoms with Crippen molar-refractivity contribution < 1.29 is 9.53 Å². The maximum atomic E-state index is 12.8. The number of amides is 2. The van der Waals surface area contributed by atoms with E-state index >= 15 is 0 Å². The van der Waals surface area contributed by atoms with E-state index in [1.807, 2.05) is 47.4 Å². The first-order valence-electron chi connectivity index (χ1n) is 8.90. The summed E-state index contributed by atoms with van der Waals surface area (Å²) in [6.45, 7) is 7.56. The number of methoxy groups -OCH3 is 1. The molecule has 0 bridgehead atoms. The second-order valence-corrected chi connectivity index (χ2v) is 6.84. The number of rotatable bonds is 7. The van der Waals surface area contributed by atoms with E-state index < -0.39 is 0 Å². The number of ether oxygens (including phenoxy) is 1. The summed E-state index contributed by atoms with van der Waals surface area (Å²) in [6.07, 6.45) is 2.12. The molecular weight excluding hydrogens is 324 g/mol. The lowest BCUT2D eigenvalue weighted by molar-refractivity contribution is 0.209. The highest BCUT2D eigenvalue weighted by Crippen LogP contribution is 2.18. The Bertz CT molecular complexity index is 739. The van der Waals surface area contributed by atoms with Crippen molar-refractivity contribution >= 4 is 17.8 Å². The first kappa shape index (κ1) is 19.6. The smallest absolute Gasteiger partial charge is 0.322 e. The number of hydrogen-bond acceptors (Lipinski definition) is 2. The Morgan fingerprint density at radius 2 is 1.88 bits per heavy atom. The minimum absolute atomic E-state index is 0.104. The highest BCUT2D eigenvalue weighted by atomic mass is 16.5. The van der Waals surface area contributed by atoms with Crippen molar-refractivity contribution in [2.24, 2.45) is 5.92 Å². The topological polar surface area (TPSA) is 41.6 Å². The molecule has 2 rings (SSSR count). The number of anilines is 1. The Hall–Kier alpha value is -2.75. The molecule has 138 valence electrons. The zero-order valence-corrected chi connectivity index (χ0v) is 16.0. The van der Waals surface area contributed by atoms with E-state index in [4.69, 9.17) is 4.74 Å². The molecule has 2 aromatic carbocycles. The first-order chi connectivity index (χ1) is 12.5. The zero-order valence-electron chi connectivity index (χ0n) is 16.0. The summed E-state index contributed by atoms with van der Waals surface area (Å²) in [5.74, 6) is 1.11. The molecule has 0 aliphatic carbocycles. The third kappa shape index (κ3) is 6.28. The summed E-state index contributed by atoms with van der Waals surface area (Å²) in [6, 6.07) is 17.4. The van der Waals surface area contributed by atoms with Crippen molar-refractivity contribution in [2.75, 3.05) is 25.5 Å². The predicted molar refractivity (Wildman–Crippen MR) is 109 cm³/mol. The fraction of sp³-hybridized carbons (Fsp3) is 0.318. The minimum atomic E-state index is -0.104. The quantitative estimate of drug-likeness (QED) is 0.736. The van der Waals surface area contributed by atoms with Crippen molar-refractivity contribution in [1.82, 2.24) is 4.90 Å². The Kier molecular flexibility index (Phi) is 7.27. The van der Waals surface area contributed by atoms with E-state index in [0.717, 1.165) is 22.6 Å². The predicted octanol–water partition coefficient (Wildman–Crippen LogP) is 5.29. The van der Waals surface area contributed by atoms with Crippen LogP contribution in [-0.4, -0.2) is 31.1 Å². The third-order valence-electron chi connectivity index (χ3n) is 3.85. The number of benzene rings is 2. The lowest BCUT2D eigenvalue weighted by atomic mass is 10.1. The molecule has 2 aromatic rings. The van der Waals surface area contributed by atoms with Gasteiger partial charge in [0.15, 0.2) is 0 Å². The fourth-order valence-electron chi connectivity index (χ4n) is 2.74. The lowest BCUT2D eigenvalue weighted by Crippen LogP contribution is -2.38. The Morgan fingerprint density at radius 3 is 2.54 bits per heavy atom. The first-order valence-corrected chi connectivity index (χ1v) is 8.90. The van der Waals surface area contributed by atoms with Gasteiger partial charge < -0.3 is 15.0 Å². The second kappa shape index (κ2) is 9.66. The highest BCUT2D eigenvalue weighted by Gasteiger charge is 2.16. The summed E-state index contributed by atoms with van der Waals surface area (Å²) in [7, 11) is 1.61. The average molecular weight is 352 g/mol. The van der Waals surface area contributed by atoms with Gasteiger partial charge in [0.25, 0.3) is 0 Å². The van der Waals surface area contributed by atoms with Crippen molar-refractivity contribution in [3.05, 3.63) is 65.7 Å². The average Bonchev–Trinajstić information content (AvgIpc) is 2.61. The van der Waals surface area contributed by atoms with Crippen LogP contribution in [0.4, 0.5) is 10.5 Å². The Morgan fingerprint density at radius 1 is 1.15 bits per heavy atom. The number of carbonyl (C=O) groups excluding carboxylic acids is 1. The van der Waals surface area contributed by atoms with Gasteiger partial charge in [-0.1, -0.05) is 61.9 Å². The van der Waals surface area contributed by atoms with E-state index in [9.17, 15) is 4.79 Å². The standard InChI is InChI=1S/C22H28N2O2/c1-17(2)15-24(16-18(3)13-19-9-6-5-7-10-19)22(25)23-20-11-8-12-21(14-20)26-4/h5-14,17H,15-16H2,1-4H3,(H,23,25)/b18-13+. The third-order valence-corrected chi connectivity index (χ3v) is 3.85. The van der Waals surface area contributed by atoms with Gasteiger partial charge in [-0.05, 0) is 30.5 Å². The van der Waals surface area contributed by atoms with Gasteiger partial charge in [0.1, 0.15) is 5.75 Å². The summed E-state index contributed by atoms with van der Waals surface area (Å²) in [5, 5.41) is 2.97. The molecule has 4 nitrogen and oxygen atoms in total. The maximum absolute atomic E-state index is 12.8. The van der Waals surface area contributed by atoms with Gasteiger partial charge >= 0.3 is 6.03 Å². The van der Waals surface area contributed by atoms with Gasteiger partial charge in [0.2, 0.25) is 0 Å². The Labute approximate surface area is 156 Å². The summed E-state index contributed by atoms with van der Waals surface area (Å²) < 4.78 is 5.22. The van der Waals surface area contributed by atoms with E-state index in [1.165, 1.54) is 0 Å². The van der Waals surface area contributed by atoms with Crippen LogP contribution < -0.4 is 10.1 Å².